The summed E-state index contributed by atoms with van der Waals surface area (Å²) in [6, 6.07) is 6.62. The molecule has 1 atom stereocenters. The predicted molar refractivity (Wildman–Crippen MR) is 73.5 cm³/mol. The van der Waals surface area contributed by atoms with E-state index in [4.69, 9.17) is 0 Å². The van der Waals surface area contributed by atoms with Gasteiger partial charge in [0.05, 0.1) is 0 Å². The lowest BCUT2D eigenvalue weighted by Gasteiger charge is -2.11. The fraction of sp³-hybridized carbons (Fsp3) is 0.357. The molecule has 1 heterocycles. The molecule has 0 unspecified atom stereocenters. The van der Waals surface area contributed by atoms with Crippen molar-refractivity contribution in [2.24, 2.45) is 13.0 Å². The Kier molecular flexibility index (Phi) is 4.45. The van der Waals surface area contributed by atoms with Gasteiger partial charge in [0.25, 0.3) is 0 Å². The van der Waals surface area contributed by atoms with Crippen molar-refractivity contribution < 1.29 is 9.18 Å². The van der Waals surface area contributed by atoms with E-state index in [1.54, 1.807) is 29.8 Å². The van der Waals surface area contributed by atoms with Gasteiger partial charge in [-0.25, -0.2) is 4.39 Å². The maximum Gasteiger partial charge on any atom is 0.230 e. The standard InChI is InChI=1S/C14H17FN4O/c1-10(7-8-11-5-3-4-6-12(11)15)13(20)17-14-18-16-9-19(14)2/h3-6,9-10H,7-8H2,1-2H3,(H,17,18,20)/t10-/m1/s1. The number of nitrogens with zero attached hydrogens (tertiary/aromatic N) is 3. The lowest BCUT2D eigenvalue weighted by molar-refractivity contribution is -0.119. The minimum atomic E-state index is -0.230. The van der Waals surface area contributed by atoms with Crippen LogP contribution in [0, 0.1) is 11.7 Å². The van der Waals surface area contributed by atoms with Gasteiger partial charge in [-0.1, -0.05) is 25.1 Å². The summed E-state index contributed by atoms with van der Waals surface area (Å²) in [6.07, 6.45) is 2.62. The predicted octanol–water partition coefficient (Wildman–Crippen LogP) is 2.16. The van der Waals surface area contributed by atoms with Gasteiger partial charge in [-0.3, -0.25) is 10.1 Å². The van der Waals surface area contributed by atoms with Gasteiger partial charge in [0, 0.05) is 13.0 Å². The second kappa shape index (κ2) is 6.27. The van der Waals surface area contributed by atoms with Crippen LogP contribution in [-0.2, 0) is 18.3 Å². The molecule has 0 saturated carbocycles. The Hall–Kier alpha value is -2.24. The molecular formula is C14H17FN4O. The largest absolute Gasteiger partial charge is 0.303 e. The normalized spacial score (nSPS) is 12.2. The molecule has 0 spiro atoms. The van der Waals surface area contributed by atoms with E-state index in [-0.39, 0.29) is 17.6 Å². The second-order valence-electron chi connectivity index (χ2n) is 4.79. The van der Waals surface area contributed by atoms with Gasteiger partial charge in [0.2, 0.25) is 11.9 Å². The van der Waals surface area contributed by atoms with Crippen molar-refractivity contribution in [2.75, 3.05) is 5.32 Å². The Balaban J connectivity index is 1.89. The molecule has 0 aliphatic heterocycles. The van der Waals surface area contributed by atoms with E-state index in [1.165, 1.54) is 12.4 Å². The highest BCUT2D eigenvalue weighted by Crippen LogP contribution is 2.14. The number of rotatable bonds is 5. The highest BCUT2D eigenvalue weighted by molar-refractivity contribution is 5.90. The van der Waals surface area contributed by atoms with Crippen molar-refractivity contribution in [2.45, 2.75) is 19.8 Å². The number of aromatic nitrogens is 3. The first-order valence-electron chi connectivity index (χ1n) is 6.46. The van der Waals surface area contributed by atoms with Crippen LogP contribution >= 0.6 is 0 Å². The number of benzene rings is 1. The zero-order chi connectivity index (χ0) is 14.5. The van der Waals surface area contributed by atoms with Crippen molar-refractivity contribution in [3.05, 3.63) is 42.0 Å². The molecule has 1 N–H and O–H groups in total. The fourth-order valence-electron chi connectivity index (χ4n) is 1.83. The van der Waals surface area contributed by atoms with Crippen LogP contribution in [0.4, 0.5) is 10.3 Å². The lowest BCUT2D eigenvalue weighted by atomic mass is 10.00. The average Bonchev–Trinajstić information content (AvgIpc) is 2.83. The number of hydrogen-bond donors (Lipinski definition) is 1. The average molecular weight is 276 g/mol. The van der Waals surface area contributed by atoms with Gasteiger partial charge in [-0.15, -0.1) is 10.2 Å². The van der Waals surface area contributed by atoms with Gasteiger partial charge in [-0.2, -0.15) is 0 Å². The number of halogens is 1. The molecule has 0 saturated heterocycles. The zero-order valence-corrected chi connectivity index (χ0v) is 11.5. The summed E-state index contributed by atoms with van der Waals surface area (Å²) in [5.41, 5.74) is 0.630. The monoisotopic (exact) mass is 276 g/mol. The van der Waals surface area contributed by atoms with Gasteiger partial charge < -0.3 is 4.57 Å². The quantitative estimate of drug-likeness (QED) is 0.910. The summed E-state index contributed by atoms with van der Waals surface area (Å²) >= 11 is 0. The van der Waals surface area contributed by atoms with Gasteiger partial charge in [0.15, 0.2) is 0 Å². The molecule has 6 heteroatoms. The van der Waals surface area contributed by atoms with Crippen LogP contribution in [-0.4, -0.2) is 20.7 Å². The molecule has 106 valence electrons. The Labute approximate surface area is 116 Å². The number of hydrogen-bond acceptors (Lipinski definition) is 3. The van der Waals surface area contributed by atoms with E-state index in [1.807, 2.05) is 6.92 Å². The van der Waals surface area contributed by atoms with E-state index in [9.17, 15) is 9.18 Å². The molecule has 0 fully saturated rings. The van der Waals surface area contributed by atoms with Crippen LogP contribution < -0.4 is 5.32 Å². The van der Waals surface area contributed by atoms with Crippen LogP contribution in [0.15, 0.2) is 30.6 Å². The highest BCUT2D eigenvalue weighted by Gasteiger charge is 2.15. The Bertz CT molecular complexity index is 596. The minimum absolute atomic E-state index is 0.141. The summed E-state index contributed by atoms with van der Waals surface area (Å²) in [5.74, 6) is -0.190. The molecule has 0 aliphatic carbocycles. The molecule has 1 aromatic heterocycles. The maximum atomic E-state index is 13.5. The van der Waals surface area contributed by atoms with Crippen molar-refractivity contribution in [3.8, 4) is 0 Å². The van der Waals surface area contributed by atoms with Crippen molar-refractivity contribution >= 4 is 11.9 Å². The summed E-state index contributed by atoms with van der Waals surface area (Å²) in [4.78, 5) is 12.0. The van der Waals surface area contributed by atoms with Crippen LogP contribution in [0.1, 0.15) is 18.9 Å². The van der Waals surface area contributed by atoms with E-state index in [0.29, 0.717) is 24.4 Å². The van der Waals surface area contributed by atoms with Gasteiger partial charge in [-0.05, 0) is 24.5 Å². The number of carbonyl (C=O) groups excluding carboxylic acids is 1. The molecule has 0 aliphatic rings. The smallest absolute Gasteiger partial charge is 0.230 e. The SMILES string of the molecule is C[C@H](CCc1ccccc1F)C(=O)Nc1nncn1C. The number of aryl methyl sites for hydroxylation is 2. The van der Waals surface area contributed by atoms with E-state index >= 15 is 0 Å². The molecule has 0 radical (unpaired) electrons. The first kappa shape index (κ1) is 14.2. The molecule has 20 heavy (non-hydrogen) atoms. The van der Waals surface area contributed by atoms with Crippen LogP contribution in [0.25, 0.3) is 0 Å². The number of amides is 1. The van der Waals surface area contributed by atoms with E-state index in [2.05, 4.69) is 15.5 Å². The number of carbonyl (C=O) groups is 1. The van der Waals surface area contributed by atoms with Gasteiger partial charge >= 0.3 is 0 Å². The Morgan fingerprint density at radius 2 is 2.20 bits per heavy atom. The second-order valence-corrected chi connectivity index (χ2v) is 4.79. The Morgan fingerprint density at radius 1 is 1.45 bits per heavy atom. The highest BCUT2D eigenvalue weighted by atomic mass is 19.1. The van der Waals surface area contributed by atoms with Gasteiger partial charge in [0.1, 0.15) is 12.1 Å². The first-order valence-corrected chi connectivity index (χ1v) is 6.46. The lowest BCUT2D eigenvalue weighted by Crippen LogP contribution is -2.22. The molecular weight excluding hydrogens is 259 g/mol. The fourth-order valence-corrected chi connectivity index (χ4v) is 1.83. The number of anilines is 1. The third kappa shape index (κ3) is 3.40. The summed E-state index contributed by atoms with van der Waals surface area (Å²) in [7, 11) is 1.75. The Morgan fingerprint density at radius 3 is 2.85 bits per heavy atom. The minimum Gasteiger partial charge on any atom is -0.303 e. The van der Waals surface area contributed by atoms with Crippen LogP contribution in [0.3, 0.4) is 0 Å². The maximum absolute atomic E-state index is 13.5. The summed E-state index contributed by atoms with van der Waals surface area (Å²) < 4.78 is 15.1. The molecule has 0 bridgehead atoms. The van der Waals surface area contributed by atoms with E-state index in [0.717, 1.165) is 0 Å². The third-order valence-corrected chi connectivity index (χ3v) is 3.20. The molecule has 2 rings (SSSR count). The van der Waals surface area contributed by atoms with Crippen molar-refractivity contribution in [1.29, 1.82) is 0 Å². The molecule has 1 aromatic carbocycles. The van der Waals surface area contributed by atoms with E-state index < -0.39 is 0 Å². The van der Waals surface area contributed by atoms with Crippen molar-refractivity contribution in [1.82, 2.24) is 14.8 Å². The topological polar surface area (TPSA) is 59.8 Å². The van der Waals surface area contributed by atoms with Crippen LogP contribution in [0.2, 0.25) is 0 Å². The summed E-state index contributed by atoms with van der Waals surface area (Å²) in [5, 5.41) is 10.2. The molecule has 2 aromatic rings. The van der Waals surface area contributed by atoms with Crippen molar-refractivity contribution in [3.63, 3.8) is 0 Å². The zero-order valence-electron chi connectivity index (χ0n) is 11.5. The molecule has 1 amide bonds. The number of nitrogens with one attached hydrogen (secondary N) is 1. The molecule has 5 nitrogen and oxygen atoms in total. The van der Waals surface area contributed by atoms with Crippen LogP contribution in [0.5, 0.6) is 0 Å². The summed E-state index contributed by atoms with van der Waals surface area (Å²) in [6.45, 7) is 1.81. The third-order valence-electron chi connectivity index (χ3n) is 3.20. The first-order chi connectivity index (χ1) is 9.58.